The van der Waals surface area contributed by atoms with Crippen molar-refractivity contribution in [2.24, 2.45) is 5.92 Å². The Kier molecular flexibility index (Phi) is 4.48. The van der Waals surface area contributed by atoms with Gasteiger partial charge in [0.2, 0.25) is 0 Å². The third-order valence-electron chi connectivity index (χ3n) is 3.07. The lowest BCUT2D eigenvalue weighted by molar-refractivity contribution is -0.140. The molecule has 4 heteroatoms. The Balaban J connectivity index is 2.94. The van der Waals surface area contributed by atoms with Gasteiger partial charge in [0.25, 0.3) is 5.91 Å². The third-order valence-corrected chi connectivity index (χ3v) is 3.07. The number of aliphatic carboxylic acids is 1. The highest BCUT2D eigenvalue weighted by molar-refractivity contribution is 5.98. The summed E-state index contributed by atoms with van der Waals surface area (Å²) in [5.41, 5.74) is 2.42. The topological polar surface area (TPSA) is 66.4 Å². The summed E-state index contributed by atoms with van der Waals surface area (Å²) in [5, 5.41) is 11.6. The molecule has 0 aliphatic heterocycles. The van der Waals surface area contributed by atoms with E-state index >= 15 is 0 Å². The predicted molar refractivity (Wildman–Crippen MR) is 69.6 cm³/mol. The van der Waals surface area contributed by atoms with Crippen molar-refractivity contribution in [3.8, 4) is 0 Å². The number of aryl methyl sites for hydroxylation is 1. The van der Waals surface area contributed by atoms with E-state index in [2.05, 4.69) is 5.32 Å². The van der Waals surface area contributed by atoms with E-state index in [0.717, 1.165) is 11.1 Å². The van der Waals surface area contributed by atoms with E-state index in [1.807, 2.05) is 19.9 Å². The van der Waals surface area contributed by atoms with E-state index in [-0.39, 0.29) is 11.8 Å². The maximum atomic E-state index is 12.1. The molecule has 0 saturated carbocycles. The van der Waals surface area contributed by atoms with Gasteiger partial charge < -0.3 is 10.4 Å². The maximum Gasteiger partial charge on any atom is 0.326 e. The Bertz CT molecular complexity index is 466. The van der Waals surface area contributed by atoms with Gasteiger partial charge in [-0.05, 0) is 37.0 Å². The van der Waals surface area contributed by atoms with Crippen LogP contribution in [0.3, 0.4) is 0 Å². The molecule has 0 aromatic heterocycles. The van der Waals surface area contributed by atoms with E-state index < -0.39 is 12.0 Å². The van der Waals surface area contributed by atoms with Gasteiger partial charge in [0.05, 0.1) is 0 Å². The average molecular weight is 249 g/mol. The fraction of sp³-hybridized carbons (Fsp3) is 0.429. The van der Waals surface area contributed by atoms with E-state index in [4.69, 9.17) is 5.11 Å². The lowest BCUT2D eigenvalue weighted by Crippen LogP contribution is -2.44. The third kappa shape index (κ3) is 3.09. The van der Waals surface area contributed by atoms with Crippen LogP contribution in [0, 0.1) is 19.8 Å². The van der Waals surface area contributed by atoms with Gasteiger partial charge in [-0.2, -0.15) is 0 Å². The van der Waals surface area contributed by atoms with Gasteiger partial charge in [0.15, 0.2) is 0 Å². The number of amides is 1. The Morgan fingerprint density at radius 1 is 1.22 bits per heavy atom. The quantitative estimate of drug-likeness (QED) is 0.859. The first-order valence-electron chi connectivity index (χ1n) is 5.94. The van der Waals surface area contributed by atoms with Crippen molar-refractivity contribution in [3.05, 3.63) is 34.9 Å². The van der Waals surface area contributed by atoms with Gasteiger partial charge in [-0.1, -0.05) is 26.0 Å². The molecule has 0 unspecified atom stereocenters. The Morgan fingerprint density at radius 2 is 1.83 bits per heavy atom. The number of rotatable bonds is 4. The summed E-state index contributed by atoms with van der Waals surface area (Å²) in [6, 6.07) is 4.56. The number of carboxylic acids is 1. The Hall–Kier alpha value is -1.84. The summed E-state index contributed by atoms with van der Waals surface area (Å²) in [5.74, 6) is -1.50. The van der Waals surface area contributed by atoms with Crippen molar-refractivity contribution < 1.29 is 14.7 Å². The van der Waals surface area contributed by atoms with Crippen LogP contribution in [0.2, 0.25) is 0 Å². The van der Waals surface area contributed by atoms with Crippen LogP contribution in [0.5, 0.6) is 0 Å². The molecule has 1 amide bonds. The second-order valence-electron chi connectivity index (χ2n) is 4.78. The van der Waals surface area contributed by atoms with Crippen LogP contribution in [-0.4, -0.2) is 23.0 Å². The van der Waals surface area contributed by atoms with Crippen molar-refractivity contribution in [2.75, 3.05) is 0 Å². The molecular formula is C14H19NO3. The molecular weight excluding hydrogens is 230 g/mol. The van der Waals surface area contributed by atoms with E-state index in [1.54, 1.807) is 26.0 Å². The fourth-order valence-corrected chi connectivity index (χ4v) is 1.73. The number of carbonyl (C=O) groups excluding carboxylic acids is 1. The van der Waals surface area contributed by atoms with E-state index in [9.17, 15) is 9.59 Å². The molecule has 1 aromatic rings. The smallest absolute Gasteiger partial charge is 0.326 e. The molecule has 0 heterocycles. The molecule has 0 saturated heterocycles. The van der Waals surface area contributed by atoms with Crippen LogP contribution >= 0.6 is 0 Å². The van der Waals surface area contributed by atoms with Crippen LogP contribution in [0.15, 0.2) is 18.2 Å². The zero-order valence-corrected chi connectivity index (χ0v) is 11.2. The minimum atomic E-state index is -1.01. The molecule has 1 aromatic carbocycles. The molecule has 0 bridgehead atoms. The molecule has 0 fully saturated rings. The number of nitrogens with one attached hydrogen (secondary N) is 1. The highest BCUT2D eigenvalue weighted by atomic mass is 16.4. The van der Waals surface area contributed by atoms with Crippen molar-refractivity contribution in [1.29, 1.82) is 0 Å². The molecule has 98 valence electrons. The lowest BCUT2D eigenvalue weighted by Gasteiger charge is -2.18. The molecule has 18 heavy (non-hydrogen) atoms. The highest BCUT2D eigenvalue weighted by Crippen LogP contribution is 2.13. The Labute approximate surface area is 107 Å². The molecule has 4 nitrogen and oxygen atoms in total. The highest BCUT2D eigenvalue weighted by Gasteiger charge is 2.24. The van der Waals surface area contributed by atoms with Crippen LogP contribution in [0.25, 0.3) is 0 Å². The number of benzene rings is 1. The fourth-order valence-electron chi connectivity index (χ4n) is 1.73. The van der Waals surface area contributed by atoms with Gasteiger partial charge in [0, 0.05) is 5.56 Å². The minimum absolute atomic E-state index is 0.156. The van der Waals surface area contributed by atoms with Crippen molar-refractivity contribution in [3.63, 3.8) is 0 Å². The zero-order valence-electron chi connectivity index (χ0n) is 11.2. The summed E-state index contributed by atoms with van der Waals surface area (Å²) in [7, 11) is 0. The molecule has 0 radical (unpaired) electrons. The van der Waals surface area contributed by atoms with E-state index in [1.165, 1.54) is 0 Å². The second kappa shape index (κ2) is 5.67. The van der Waals surface area contributed by atoms with Crippen LogP contribution in [0.1, 0.15) is 35.3 Å². The molecule has 0 aliphatic carbocycles. The standard InChI is InChI=1S/C14H19NO3/c1-8(2)12(14(17)18)15-13(16)11-7-5-6-9(3)10(11)4/h5-8,12H,1-4H3,(H,15,16)(H,17,18)/t12-/m0/s1. The normalized spacial score (nSPS) is 12.3. The molecule has 1 atom stereocenters. The summed E-state index contributed by atoms with van der Waals surface area (Å²) >= 11 is 0. The van der Waals surface area contributed by atoms with Gasteiger partial charge in [-0.3, -0.25) is 4.79 Å². The summed E-state index contributed by atoms with van der Waals surface area (Å²) in [6.45, 7) is 7.31. The number of hydrogen-bond acceptors (Lipinski definition) is 2. The zero-order chi connectivity index (χ0) is 13.9. The van der Waals surface area contributed by atoms with Crippen LogP contribution < -0.4 is 5.32 Å². The van der Waals surface area contributed by atoms with Crippen LogP contribution in [-0.2, 0) is 4.79 Å². The summed E-state index contributed by atoms with van der Waals surface area (Å²) < 4.78 is 0. The maximum absolute atomic E-state index is 12.1. The first-order chi connectivity index (χ1) is 8.34. The second-order valence-corrected chi connectivity index (χ2v) is 4.78. The summed E-state index contributed by atoms with van der Waals surface area (Å²) in [4.78, 5) is 23.1. The van der Waals surface area contributed by atoms with Gasteiger partial charge in [0.1, 0.15) is 6.04 Å². The summed E-state index contributed by atoms with van der Waals surface area (Å²) in [6.07, 6.45) is 0. The number of carboxylic acid groups (broad SMARTS) is 1. The number of hydrogen-bond donors (Lipinski definition) is 2. The van der Waals surface area contributed by atoms with Gasteiger partial charge in [-0.25, -0.2) is 4.79 Å². The predicted octanol–water partition coefficient (Wildman–Crippen LogP) is 2.14. The minimum Gasteiger partial charge on any atom is -0.480 e. The van der Waals surface area contributed by atoms with Gasteiger partial charge in [-0.15, -0.1) is 0 Å². The van der Waals surface area contributed by atoms with Crippen LogP contribution in [0.4, 0.5) is 0 Å². The lowest BCUT2D eigenvalue weighted by atomic mass is 10.0. The molecule has 0 spiro atoms. The largest absolute Gasteiger partial charge is 0.480 e. The molecule has 2 N–H and O–H groups in total. The molecule has 0 aliphatic rings. The van der Waals surface area contributed by atoms with Gasteiger partial charge >= 0.3 is 5.97 Å². The SMILES string of the molecule is Cc1cccc(C(=O)N[C@H](C(=O)O)C(C)C)c1C. The number of carbonyl (C=O) groups is 2. The molecule has 1 rings (SSSR count). The van der Waals surface area contributed by atoms with Crippen molar-refractivity contribution in [2.45, 2.75) is 33.7 Å². The first kappa shape index (κ1) is 14.2. The monoisotopic (exact) mass is 249 g/mol. The van der Waals surface area contributed by atoms with E-state index in [0.29, 0.717) is 5.56 Å². The average Bonchev–Trinajstić information content (AvgIpc) is 2.28. The first-order valence-corrected chi connectivity index (χ1v) is 5.94. The van der Waals surface area contributed by atoms with Crippen molar-refractivity contribution >= 4 is 11.9 Å². The van der Waals surface area contributed by atoms with Crippen molar-refractivity contribution in [1.82, 2.24) is 5.32 Å². The Morgan fingerprint density at radius 3 is 2.33 bits per heavy atom.